The molecule has 0 radical (unpaired) electrons. The van der Waals surface area contributed by atoms with Gasteiger partial charge in [0, 0.05) is 10.0 Å². The molecule has 3 rings (SSSR count). The highest BCUT2D eigenvalue weighted by molar-refractivity contribution is 9.10. The molecular formula is C23H22BrN3O7. The largest absolute Gasteiger partial charge is 0.490 e. The fourth-order valence-electron chi connectivity index (χ4n) is 3.19. The van der Waals surface area contributed by atoms with Crippen molar-refractivity contribution in [2.45, 2.75) is 6.92 Å². The van der Waals surface area contributed by atoms with Crippen LogP contribution in [-0.2, 0) is 14.3 Å². The lowest BCUT2D eigenvalue weighted by Gasteiger charge is -2.14. The molecule has 0 aliphatic carbocycles. The van der Waals surface area contributed by atoms with E-state index in [-0.39, 0.29) is 35.1 Å². The molecule has 1 heterocycles. The molecule has 10 nitrogen and oxygen atoms in total. The Morgan fingerprint density at radius 1 is 1.00 bits per heavy atom. The maximum Gasteiger partial charge on any atom is 0.357 e. The van der Waals surface area contributed by atoms with Crippen LogP contribution < -0.4 is 15.2 Å². The van der Waals surface area contributed by atoms with Gasteiger partial charge in [0.25, 0.3) is 5.91 Å². The van der Waals surface area contributed by atoms with E-state index in [1.807, 2.05) is 6.07 Å². The number of esters is 2. The number of nitrogens with zero attached hydrogens (tertiary/aromatic N) is 2. The van der Waals surface area contributed by atoms with Gasteiger partial charge in [0.1, 0.15) is 11.3 Å². The quantitative estimate of drug-likeness (QED) is 0.416. The number of hydrogen-bond acceptors (Lipinski definition) is 8. The summed E-state index contributed by atoms with van der Waals surface area (Å²) in [6.07, 6.45) is 0. The van der Waals surface area contributed by atoms with Crippen molar-refractivity contribution in [1.82, 2.24) is 9.78 Å². The monoisotopic (exact) mass is 531 g/mol. The Kier molecular flexibility index (Phi) is 7.90. The predicted octanol–water partition coefficient (Wildman–Crippen LogP) is 3.14. The number of aromatic nitrogens is 2. The van der Waals surface area contributed by atoms with E-state index in [1.165, 1.54) is 18.9 Å². The van der Waals surface area contributed by atoms with Gasteiger partial charge in [0.2, 0.25) is 0 Å². The summed E-state index contributed by atoms with van der Waals surface area (Å²) in [6, 6.07) is 11.9. The molecule has 0 atom stereocenters. The number of carbonyl (C=O) groups is 3. The highest BCUT2D eigenvalue weighted by atomic mass is 79.9. The lowest BCUT2D eigenvalue weighted by atomic mass is 10.0. The SMILES string of the molecule is CCOc1cc(-c2nn(-c3ccccc3)c(C(=O)OC)c2C(=O)OC)c(Br)cc1OCC(N)=O. The van der Waals surface area contributed by atoms with E-state index in [9.17, 15) is 14.4 Å². The molecule has 0 fully saturated rings. The first kappa shape index (κ1) is 24.8. The topological polar surface area (TPSA) is 132 Å². The van der Waals surface area contributed by atoms with Crippen LogP contribution in [0.15, 0.2) is 46.9 Å². The molecule has 34 heavy (non-hydrogen) atoms. The number of para-hydroxylation sites is 1. The number of halogens is 1. The Labute approximate surface area is 203 Å². The molecular weight excluding hydrogens is 510 g/mol. The molecule has 0 unspecified atom stereocenters. The minimum absolute atomic E-state index is 0.0906. The number of ether oxygens (including phenoxy) is 4. The number of amides is 1. The molecule has 0 aliphatic heterocycles. The number of methoxy groups -OCH3 is 2. The number of benzene rings is 2. The van der Waals surface area contributed by atoms with Crippen LogP contribution in [0.5, 0.6) is 11.5 Å². The molecule has 0 saturated carbocycles. The van der Waals surface area contributed by atoms with E-state index in [4.69, 9.17) is 24.7 Å². The van der Waals surface area contributed by atoms with Gasteiger partial charge in [-0.15, -0.1) is 0 Å². The molecule has 1 aromatic heterocycles. The summed E-state index contributed by atoms with van der Waals surface area (Å²) in [5.41, 5.74) is 6.08. The van der Waals surface area contributed by atoms with E-state index in [1.54, 1.807) is 43.3 Å². The normalized spacial score (nSPS) is 10.5. The fraction of sp³-hybridized carbons (Fsp3) is 0.217. The second kappa shape index (κ2) is 10.8. The maximum absolute atomic E-state index is 12.9. The summed E-state index contributed by atoms with van der Waals surface area (Å²) >= 11 is 3.46. The molecule has 0 saturated heterocycles. The zero-order valence-corrected chi connectivity index (χ0v) is 20.2. The third kappa shape index (κ3) is 5.04. The second-order valence-corrected chi connectivity index (χ2v) is 7.62. The van der Waals surface area contributed by atoms with Crippen molar-refractivity contribution >= 4 is 33.8 Å². The van der Waals surface area contributed by atoms with Gasteiger partial charge >= 0.3 is 11.9 Å². The summed E-state index contributed by atoms with van der Waals surface area (Å²) in [5.74, 6) is -1.67. The lowest BCUT2D eigenvalue weighted by molar-refractivity contribution is -0.119. The lowest BCUT2D eigenvalue weighted by Crippen LogP contribution is -2.20. The smallest absolute Gasteiger partial charge is 0.357 e. The Balaban J connectivity index is 2.31. The van der Waals surface area contributed by atoms with Crippen molar-refractivity contribution in [1.29, 1.82) is 0 Å². The van der Waals surface area contributed by atoms with Crippen molar-refractivity contribution in [3.63, 3.8) is 0 Å². The molecule has 11 heteroatoms. The Hall–Kier alpha value is -3.86. The van der Waals surface area contributed by atoms with Crippen LogP contribution in [-0.4, -0.2) is 55.1 Å². The third-order valence-electron chi connectivity index (χ3n) is 4.61. The second-order valence-electron chi connectivity index (χ2n) is 6.77. The van der Waals surface area contributed by atoms with Crippen LogP contribution in [0.1, 0.15) is 27.8 Å². The first-order chi connectivity index (χ1) is 16.3. The van der Waals surface area contributed by atoms with Crippen LogP contribution in [0.4, 0.5) is 0 Å². The summed E-state index contributed by atoms with van der Waals surface area (Å²) in [5, 5.41) is 4.57. The van der Waals surface area contributed by atoms with Gasteiger partial charge in [-0.3, -0.25) is 4.79 Å². The first-order valence-corrected chi connectivity index (χ1v) is 10.8. The van der Waals surface area contributed by atoms with Gasteiger partial charge in [0.15, 0.2) is 23.8 Å². The van der Waals surface area contributed by atoms with Gasteiger partial charge in [-0.2, -0.15) is 5.10 Å². The van der Waals surface area contributed by atoms with Gasteiger partial charge in [-0.25, -0.2) is 14.3 Å². The minimum atomic E-state index is -0.781. The van der Waals surface area contributed by atoms with Gasteiger partial charge in [-0.05, 0) is 47.1 Å². The third-order valence-corrected chi connectivity index (χ3v) is 5.27. The zero-order valence-electron chi connectivity index (χ0n) is 18.7. The molecule has 0 bridgehead atoms. The van der Waals surface area contributed by atoms with Gasteiger partial charge in [-0.1, -0.05) is 18.2 Å². The van der Waals surface area contributed by atoms with Crippen LogP contribution in [0.3, 0.4) is 0 Å². The average Bonchev–Trinajstić information content (AvgIpc) is 3.24. The van der Waals surface area contributed by atoms with Gasteiger partial charge < -0.3 is 24.7 Å². The summed E-state index contributed by atoms with van der Waals surface area (Å²) in [7, 11) is 2.41. The van der Waals surface area contributed by atoms with Crippen LogP contribution in [0.2, 0.25) is 0 Å². The van der Waals surface area contributed by atoms with Crippen LogP contribution >= 0.6 is 15.9 Å². The van der Waals surface area contributed by atoms with Gasteiger partial charge in [0.05, 0.1) is 26.5 Å². The molecule has 1 amide bonds. The maximum atomic E-state index is 12.9. The standard InChI is InChI=1S/C23H22BrN3O7/c1-4-33-16-10-14(15(24)11-17(16)34-12-18(25)28)20-19(22(29)31-2)21(23(30)32-3)27(26-20)13-8-6-5-7-9-13/h5-11H,4,12H2,1-3H3,(H2,25,28). The highest BCUT2D eigenvalue weighted by Gasteiger charge is 2.32. The Morgan fingerprint density at radius 2 is 1.65 bits per heavy atom. The van der Waals surface area contributed by atoms with Crippen molar-refractivity contribution in [3.8, 4) is 28.4 Å². The Bertz CT molecular complexity index is 1230. The number of carbonyl (C=O) groups excluding carboxylic acids is 3. The van der Waals surface area contributed by atoms with Crippen LogP contribution in [0.25, 0.3) is 16.9 Å². The van der Waals surface area contributed by atoms with E-state index >= 15 is 0 Å². The summed E-state index contributed by atoms with van der Waals surface area (Å²) in [6.45, 7) is 1.72. The predicted molar refractivity (Wildman–Crippen MR) is 125 cm³/mol. The van der Waals surface area contributed by atoms with E-state index in [2.05, 4.69) is 21.0 Å². The first-order valence-electron chi connectivity index (χ1n) is 10.0. The van der Waals surface area contributed by atoms with E-state index < -0.39 is 17.8 Å². The summed E-state index contributed by atoms with van der Waals surface area (Å²) in [4.78, 5) is 36.8. The average molecular weight is 532 g/mol. The molecule has 2 aromatic carbocycles. The number of primary amides is 1. The molecule has 3 aromatic rings. The van der Waals surface area contributed by atoms with E-state index in [0.29, 0.717) is 22.3 Å². The molecule has 2 N–H and O–H groups in total. The number of rotatable bonds is 9. The summed E-state index contributed by atoms with van der Waals surface area (Å²) < 4.78 is 22.8. The Morgan fingerprint density at radius 3 is 2.24 bits per heavy atom. The fourth-order valence-corrected chi connectivity index (χ4v) is 3.70. The van der Waals surface area contributed by atoms with Crippen molar-refractivity contribution < 1.29 is 33.3 Å². The molecule has 0 aliphatic rings. The highest BCUT2D eigenvalue weighted by Crippen LogP contribution is 2.41. The zero-order chi connectivity index (χ0) is 24.8. The number of hydrogen-bond donors (Lipinski definition) is 1. The molecule has 178 valence electrons. The minimum Gasteiger partial charge on any atom is -0.490 e. The van der Waals surface area contributed by atoms with Crippen molar-refractivity contribution in [2.24, 2.45) is 5.73 Å². The molecule has 0 spiro atoms. The van der Waals surface area contributed by atoms with Crippen molar-refractivity contribution in [2.75, 3.05) is 27.4 Å². The van der Waals surface area contributed by atoms with Crippen molar-refractivity contribution in [3.05, 3.63) is 58.2 Å². The van der Waals surface area contributed by atoms with E-state index in [0.717, 1.165) is 0 Å². The number of nitrogens with two attached hydrogens (primary N) is 1. The van der Waals surface area contributed by atoms with Crippen LogP contribution in [0, 0.1) is 0 Å².